The number of rotatable bonds is 8. The zero-order valence-electron chi connectivity index (χ0n) is 17.0. The summed E-state index contributed by atoms with van der Waals surface area (Å²) in [5.41, 5.74) is 0.698. The third kappa shape index (κ3) is 5.27. The van der Waals surface area contributed by atoms with Gasteiger partial charge >= 0.3 is 0 Å². The lowest BCUT2D eigenvalue weighted by molar-refractivity contribution is -0.120. The first-order valence-corrected chi connectivity index (χ1v) is 10.9. The molecule has 1 amide bonds. The molecule has 2 aliphatic rings. The van der Waals surface area contributed by atoms with Crippen LogP contribution in [0.25, 0.3) is 0 Å². The SMILES string of the molecule is CC(=O)N[C@@H](C)CO[C@H]1C[C@H](COc2ccc3c(c2Cl)SC(C(C)(F)F)N3C)C1. The second kappa shape index (κ2) is 8.86. The Morgan fingerprint density at radius 3 is 2.76 bits per heavy atom. The number of amides is 1. The van der Waals surface area contributed by atoms with Crippen LogP contribution in [0, 0.1) is 5.92 Å². The molecule has 1 fully saturated rings. The molecule has 0 spiro atoms. The molecule has 3 rings (SSSR count). The van der Waals surface area contributed by atoms with Crippen molar-refractivity contribution in [1.82, 2.24) is 5.32 Å². The van der Waals surface area contributed by atoms with Crippen LogP contribution in [-0.4, -0.2) is 49.6 Å². The van der Waals surface area contributed by atoms with Crippen molar-refractivity contribution in [3.05, 3.63) is 17.2 Å². The molecule has 1 aromatic rings. The van der Waals surface area contributed by atoms with Crippen molar-refractivity contribution in [3.63, 3.8) is 0 Å². The maximum absolute atomic E-state index is 13.8. The lowest BCUT2D eigenvalue weighted by Gasteiger charge is -2.35. The fourth-order valence-corrected chi connectivity index (χ4v) is 5.20. The second-order valence-electron chi connectivity index (χ2n) is 7.97. The number of benzene rings is 1. The maximum atomic E-state index is 13.8. The average molecular weight is 449 g/mol. The van der Waals surface area contributed by atoms with Gasteiger partial charge in [0.25, 0.3) is 5.92 Å². The van der Waals surface area contributed by atoms with E-state index in [0.717, 1.165) is 31.5 Å². The molecule has 1 saturated carbocycles. The monoisotopic (exact) mass is 448 g/mol. The predicted molar refractivity (Wildman–Crippen MR) is 111 cm³/mol. The summed E-state index contributed by atoms with van der Waals surface area (Å²) in [5.74, 6) is -2.02. The van der Waals surface area contributed by atoms with Gasteiger partial charge < -0.3 is 19.7 Å². The van der Waals surface area contributed by atoms with Gasteiger partial charge in [-0.1, -0.05) is 23.4 Å². The predicted octanol–water partition coefficient (Wildman–Crippen LogP) is 4.56. The normalized spacial score (nSPS) is 24.7. The van der Waals surface area contributed by atoms with Gasteiger partial charge in [-0.05, 0) is 37.8 Å². The summed E-state index contributed by atoms with van der Waals surface area (Å²) < 4.78 is 39.3. The highest BCUT2D eigenvalue weighted by Gasteiger charge is 2.44. The number of hydrogen-bond donors (Lipinski definition) is 1. The Morgan fingerprint density at radius 2 is 2.14 bits per heavy atom. The summed E-state index contributed by atoms with van der Waals surface area (Å²) in [5, 5.41) is 2.20. The second-order valence-corrected chi connectivity index (χ2v) is 9.44. The summed E-state index contributed by atoms with van der Waals surface area (Å²) >= 11 is 7.53. The molecule has 1 aliphatic carbocycles. The van der Waals surface area contributed by atoms with Crippen LogP contribution in [0.3, 0.4) is 0 Å². The van der Waals surface area contributed by atoms with E-state index < -0.39 is 11.3 Å². The third-order valence-electron chi connectivity index (χ3n) is 5.13. The van der Waals surface area contributed by atoms with Gasteiger partial charge in [0.15, 0.2) is 0 Å². The molecule has 9 heteroatoms. The third-order valence-corrected chi connectivity index (χ3v) is 7.22. The number of hydrogen-bond acceptors (Lipinski definition) is 5. The topological polar surface area (TPSA) is 50.8 Å². The van der Waals surface area contributed by atoms with E-state index in [-0.39, 0.29) is 18.1 Å². The summed E-state index contributed by atoms with van der Waals surface area (Å²) in [4.78, 5) is 13.2. The van der Waals surface area contributed by atoms with E-state index in [0.29, 0.717) is 40.5 Å². The standard InChI is InChI=1S/C20H27ClF2N2O3S/c1-11(24-12(2)26)9-27-14-7-13(8-14)10-28-16-6-5-15-18(17(16)21)29-19(25(15)4)20(3,22)23/h5-6,11,13-14,19H,7-10H2,1-4H3,(H,24,26)/t11-,13-,14-,19?/m0/s1. The average Bonchev–Trinajstić information content (AvgIpc) is 2.92. The van der Waals surface area contributed by atoms with Crippen LogP contribution in [0.4, 0.5) is 14.5 Å². The molecular weight excluding hydrogens is 422 g/mol. The minimum Gasteiger partial charge on any atom is -0.492 e. The Bertz CT molecular complexity index is 756. The number of fused-ring (bicyclic) bond motifs is 1. The number of carbonyl (C=O) groups excluding carboxylic acids is 1. The van der Waals surface area contributed by atoms with Crippen molar-refractivity contribution >= 4 is 35.0 Å². The van der Waals surface area contributed by atoms with Gasteiger partial charge in [0.05, 0.1) is 34.9 Å². The van der Waals surface area contributed by atoms with Crippen molar-refractivity contribution in [2.45, 2.75) is 62.0 Å². The van der Waals surface area contributed by atoms with Gasteiger partial charge in [0, 0.05) is 26.9 Å². The molecule has 0 bridgehead atoms. The van der Waals surface area contributed by atoms with Crippen LogP contribution in [0.2, 0.25) is 5.02 Å². The van der Waals surface area contributed by atoms with Gasteiger partial charge in [-0.25, -0.2) is 8.78 Å². The lowest BCUT2D eigenvalue weighted by atomic mass is 9.83. The number of alkyl halides is 2. The summed E-state index contributed by atoms with van der Waals surface area (Å²) in [7, 11) is 1.65. The Morgan fingerprint density at radius 1 is 1.45 bits per heavy atom. The fraction of sp³-hybridized carbons (Fsp3) is 0.650. The fourth-order valence-electron chi connectivity index (χ4n) is 3.61. The molecule has 0 aromatic heterocycles. The smallest absolute Gasteiger partial charge is 0.274 e. The molecule has 162 valence electrons. The molecule has 1 aromatic carbocycles. The van der Waals surface area contributed by atoms with Crippen molar-refractivity contribution in [3.8, 4) is 5.75 Å². The van der Waals surface area contributed by atoms with Gasteiger partial charge in [-0.3, -0.25) is 4.79 Å². The highest BCUT2D eigenvalue weighted by atomic mass is 35.5. The van der Waals surface area contributed by atoms with E-state index >= 15 is 0 Å². The molecule has 1 unspecified atom stereocenters. The van der Waals surface area contributed by atoms with Gasteiger partial charge in [-0.15, -0.1) is 0 Å². The minimum atomic E-state index is -2.85. The quantitative estimate of drug-likeness (QED) is 0.631. The van der Waals surface area contributed by atoms with Crippen LogP contribution < -0.4 is 15.0 Å². The van der Waals surface area contributed by atoms with E-state index in [1.165, 1.54) is 6.92 Å². The van der Waals surface area contributed by atoms with Crippen LogP contribution in [-0.2, 0) is 9.53 Å². The zero-order chi connectivity index (χ0) is 21.3. The number of halogens is 3. The van der Waals surface area contributed by atoms with Crippen molar-refractivity contribution in [2.24, 2.45) is 5.92 Å². The van der Waals surface area contributed by atoms with Crippen LogP contribution in [0.5, 0.6) is 5.75 Å². The Balaban J connectivity index is 1.47. The van der Waals surface area contributed by atoms with Crippen LogP contribution >= 0.6 is 23.4 Å². The number of nitrogens with one attached hydrogen (secondary N) is 1. The number of ether oxygens (including phenoxy) is 2. The molecule has 2 atom stereocenters. The number of carbonyl (C=O) groups is 1. The lowest BCUT2D eigenvalue weighted by Crippen LogP contribution is -2.40. The summed E-state index contributed by atoms with van der Waals surface area (Å²) in [6.07, 6.45) is 1.94. The van der Waals surface area contributed by atoms with E-state index in [1.807, 2.05) is 6.92 Å². The Hall–Kier alpha value is -1.25. The number of anilines is 1. The molecule has 1 N–H and O–H groups in total. The summed E-state index contributed by atoms with van der Waals surface area (Å²) in [6.45, 7) is 5.31. The molecular formula is C20H27ClF2N2O3S. The first-order chi connectivity index (χ1) is 13.6. The van der Waals surface area contributed by atoms with Crippen molar-refractivity contribution < 1.29 is 23.0 Å². The first-order valence-electron chi connectivity index (χ1n) is 9.67. The number of nitrogens with zero attached hydrogens (tertiary/aromatic N) is 1. The van der Waals surface area contributed by atoms with Crippen LogP contribution in [0.15, 0.2) is 17.0 Å². The molecule has 1 aliphatic heterocycles. The van der Waals surface area contributed by atoms with Crippen LogP contribution in [0.1, 0.15) is 33.6 Å². The minimum absolute atomic E-state index is 0.0111. The molecule has 29 heavy (non-hydrogen) atoms. The van der Waals surface area contributed by atoms with Gasteiger partial charge in [-0.2, -0.15) is 0 Å². The summed E-state index contributed by atoms with van der Waals surface area (Å²) in [6, 6.07) is 3.52. The van der Waals surface area contributed by atoms with E-state index in [4.69, 9.17) is 21.1 Å². The maximum Gasteiger partial charge on any atom is 0.274 e. The van der Waals surface area contributed by atoms with Crippen molar-refractivity contribution in [2.75, 3.05) is 25.2 Å². The highest BCUT2D eigenvalue weighted by molar-refractivity contribution is 8.00. The van der Waals surface area contributed by atoms with Gasteiger partial charge in [0.1, 0.15) is 11.1 Å². The Labute approximate surface area is 179 Å². The first kappa shape index (κ1) is 22.4. The molecule has 0 radical (unpaired) electrons. The highest BCUT2D eigenvalue weighted by Crippen LogP contribution is 2.53. The van der Waals surface area contributed by atoms with E-state index in [9.17, 15) is 13.6 Å². The van der Waals surface area contributed by atoms with E-state index in [2.05, 4.69) is 5.32 Å². The van der Waals surface area contributed by atoms with Crippen molar-refractivity contribution in [1.29, 1.82) is 0 Å². The Kier molecular flexibility index (Phi) is 6.85. The molecule has 0 saturated heterocycles. The van der Waals surface area contributed by atoms with Gasteiger partial charge in [0.2, 0.25) is 5.91 Å². The zero-order valence-corrected chi connectivity index (χ0v) is 18.6. The molecule has 1 heterocycles. The van der Waals surface area contributed by atoms with E-state index in [1.54, 1.807) is 24.1 Å². The molecule has 5 nitrogen and oxygen atoms in total. The number of thioether (sulfide) groups is 1. The largest absolute Gasteiger partial charge is 0.492 e.